The summed E-state index contributed by atoms with van der Waals surface area (Å²) in [4.78, 5) is 14.9. The Balaban J connectivity index is 3.00. The molecule has 0 aliphatic carbocycles. The lowest BCUT2D eigenvalue weighted by Gasteiger charge is -2.11. The standard InChI is InChI=1S/C9H13NO2/c1-6(11)7-5-10-8(12-7)9(2,3)4/h5H,1-4H3. The van der Waals surface area contributed by atoms with Crippen LogP contribution in [0.15, 0.2) is 10.6 Å². The van der Waals surface area contributed by atoms with E-state index in [-0.39, 0.29) is 11.2 Å². The average molecular weight is 167 g/mol. The van der Waals surface area contributed by atoms with E-state index in [1.165, 1.54) is 13.1 Å². The van der Waals surface area contributed by atoms with Crippen LogP contribution in [0.3, 0.4) is 0 Å². The van der Waals surface area contributed by atoms with Crippen LogP contribution >= 0.6 is 0 Å². The van der Waals surface area contributed by atoms with Gasteiger partial charge < -0.3 is 4.42 Å². The number of hydrogen-bond acceptors (Lipinski definition) is 3. The molecule has 0 aliphatic heterocycles. The third kappa shape index (κ3) is 1.72. The Hall–Kier alpha value is -1.12. The Morgan fingerprint density at radius 3 is 2.33 bits per heavy atom. The summed E-state index contributed by atoms with van der Waals surface area (Å²) in [6.45, 7) is 7.43. The normalized spacial score (nSPS) is 11.7. The van der Waals surface area contributed by atoms with Crippen LogP contribution < -0.4 is 0 Å². The maximum absolute atomic E-state index is 10.9. The van der Waals surface area contributed by atoms with Crippen molar-refractivity contribution in [2.45, 2.75) is 33.1 Å². The topological polar surface area (TPSA) is 43.1 Å². The molecule has 0 unspecified atom stereocenters. The molecule has 0 bridgehead atoms. The average Bonchev–Trinajstić information content (AvgIpc) is 2.30. The van der Waals surface area contributed by atoms with Crippen LogP contribution in [0.25, 0.3) is 0 Å². The Morgan fingerprint density at radius 2 is 2.08 bits per heavy atom. The van der Waals surface area contributed by atoms with E-state index in [9.17, 15) is 4.79 Å². The molecular formula is C9H13NO2. The smallest absolute Gasteiger partial charge is 0.200 e. The van der Waals surface area contributed by atoms with Crippen LogP contribution in [-0.4, -0.2) is 10.8 Å². The van der Waals surface area contributed by atoms with Gasteiger partial charge in [-0.1, -0.05) is 20.8 Å². The molecule has 3 heteroatoms. The molecule has 0 aliphatic rings. The molecule has 0 aromatic carbocycles. The minimum atomic E-state index is -0.131. The second kappa shape index (κ2) is 2.73. The van der Waals surface area contributed by atoms with Crippen molar-refractivity contribution >= 4 is 5.78 Å². The van der Waals surface area contributed by atoms with Crippen molar-refractivity contribution in [1.29, 1.82) is 0 Å². The molecule has 12 heavy (non-hydrogen) atoms. The lowest BCUT2D eigenvalue weighted by Crippen LogP contribution is -2.11. The third-order valence-electron chi connectivity index (χ3n) is 1.49. The molecule has 0 N–H and O–H groups in total. The van der Waals surface area contributed by atoms with Crippen LogP contribution in [0.1, 0.15) is 44.1 Å². The zero-order valence-corrected chi connectivity index (χ0v) is 7.84. The lowest BCUT2D eigenvalue weighted by molar-refractivity contribution is 0.0984. The largest absolute Gasteiger partial charge is 0.437 e. The molecule has 1 aromatic heterocycles. The van der Waals surface area contributed by atoms with E-state index in [2.05, 4.69) is 4.98 Å². The Labute approximate surface area is 71.8 Å². The first kappa shape index (κ1) is 8.97. The first-order valence-electron chi connectivity index (χ1n) is 3.88. The number of carbonyl (C=O) groups is 1. The van der Waals surface area contributed by atoms with Gasteiger partial charge in [-0.2, -0.15) is 0 Å². The lowest BCUT2D eigenvalue weighted by atomic mass is 9.97. The number of Topliss-reactive ketones (excluding diaryl/α,β-unsaturated/α-hetero) is 1. The van der Waals surface area contributed by atoms with E-state index in [1.54, 1.807) is 0 Å². The minimum Gasteiger partial charge on any atom is -0.437 e. The molecular weight excluding hydrogens is 154 g/mol. The van der Waals surface area contributed by atoms with Gasteiger partial charge in [-0.25, -0.2) is 4.98 Å². The van der Waals surface area contributed by atoms with Gasteiger partial charge in [-0.15, -0.1) is 0 Å². The maximum atomic E-state index is 10.9. The molecule has 1 rings (SSSR count). The fourth-order valence-corrected chi connectivity index (χ4v) is 0.784. The third-order valence-corrected chi connectivity index (χ3v) is 1.49. The number of ketones is 1. The second-order valence-electron chi connectivity index (χ2n) is 3.84. The number of oxazole rings is 1. The number of carbonyl (C=O) groups excluding carboxylic acids is 1. The molecule has 3 nitrogen and oxygen atoms in total. The minimum absolute atomic E-state index is 0.0852. The molecule has 0 atom stereocenters. The van der Waals surface area contributed by atoms with E-state index >= 15 is 0 Å². The van der Waals surface area contributed by atoms with Crippen molar-refractivity contribution in [3.05, 3.63) is 17.8 Å². The van der Waals surface area contributed by atoms with Gasteiger partial charge in [0.1, 0.15) is 0 Å². The van der Waals surface area contributed by atoms with Crippen molar-refractivity contribution < 1.29 is 9.21 Å². The Kier molecular flexibility index (Phi) is 2.04. The predicted octanol–water partition coefficient (Wildman–Crippen LogP) is 2.17. The van der Waals surface area contributed by atoms with E-state index in [0.29, 0.717) is 11.7 Å². The zero-order chi connectivity index (χ0) is 9.35. The zero-order valence-electron chi connectivity index (χ0n) is 7.84. The second-order valence-corrected chi connectivity index (χ2v) is 3.84. The monoisotopic (exact) mass is 167 g/mol. The molecule has 66 valence electrons. The van der Waals surface area contributed by atoms with Crippen molar-refractivity contribution in [2.75, 3.05) is 0 Å². The molecule has 1 aromatic rings. The molecule has 0 saturated heterocycles. The predicted molar refractivity (Wildman–Crippen MR) is 45.2 cm³/mol. The molecule has 0 radical (unpaired) electrons. The highest BCUT2D eigenvalue weighted by Crippen LogP contribution is 2.21. The highest BCUT2D eigenvalue weighted by atomic mass is 16.4. The fourth-order valence-electron chi connectivity index (χ4n) is 0.784. The van der Waals surface area contributed by atoms with Crippen LogP contribution in [0.5, 0.6) is 0 Å². The number of rotatable bonds is 1. The van der Waals surface area contributed by atoms with Gasteiger partial charge in [-0.05, 0) is 0 Å². The van der Waals surface area contributed by atoms with Crippen molar-refractivity contribution in [1.82, 2.24) is 4.98 Å². The van der Waals surface area contributed by atoms with E-state index in [1.807, 2.05) is 20.8 Å². The summed E-state index contributed by atoms with van der Waals surface area (Å²) in [7, 11) is 0. The van der Waals surface area contributed by atoms with Crippen LogP contribution in [-0.2, 0) is 5.41 Å². The van der Waals surface area contributed by atoms with Gasteiger partial charge in [0.2, 0.25) is 0 Å². The number of nitrogens with zero attached hydrogens (tertiary/aromatic N) is 1. The number of hydrogen-bond donors (Lipinski definition) is 0. The summed E-state index contributed by atoms with van der Waals surface area (Å²) in [6.07, 6.45) is 1.48. The molecule has 0 fully saturated rings. The summed E-state index contributed by atoms with van der Waals surface area (Å²) >= 11 is 0. The van der Waals surface area contributed by atoms with E-state index in [4.69, 9.17) is 4.42 Å². The van der Waals surface area contributed by atoms with Gasteiger partial charge >= 0.3 is 0 Å². The Bertz CT molecular complexity index is 294. The summed E-state index contributed by atoms with van der Waals surface area (Å²) in [5.41, 5.74) is -0.131. The summed E-state index contributed by atoms with van der Waals surface area (Å²) in [5.74, 6) is 0.852. The molecule has 0 saturated carbocycles. The summed E-state index contributed by atoms with van der Waals surface area (Å²) < 4.78 is 5.25. The van der Waals surface area contributed by atoms with Gasteiger partial charge in [0.05, 0.1) is 6.20 Å². The molecule has 0 spiro atoms. The van der Waals surface area contributed by atoms with Gasteiger partial charge in [0.25, 0.3) is 0 Å². The van der Waals surface area contributed by atoms with Crippen molar-refractivity contribution in [2.24, 2.45) is 0 Å². The molecule has 1 heterocycles. The summed E-state index contributed by atoms with van der Waals surface area (Å²) in [5, 5.41) is 0. The Morgan fingerprint density at radius 1 is 1.50 bits per heavy atom. The summed E-state index contributed by atoms with van der Waals surface area (Å²) in [6, 6.07) is 0. The molecule has 0 amide bonds. The van der Waals surface area contributed by atoms with Crippen molar-refractivity contribution in [3.8, 4) is 0 Å². The highest BCUT2D eigenvalue weighted by molar-refractivity contribution is 5.90. The van der Waals surface area contributed by atoms with E-state index in [0.717, 1.165) is 0 Å². The first-order valence-corrected chi connectivity index (χ1v) is 3.88. The fraction of sp³-hybridized carbons (Fsp3) is 0.556. The maximum Gasteiger partial charge on any atom is 0.200 e. The van der Waals surface area contributed by atoms with Gasteiger partial charge in [-0.3, -0.25) is 4.79 Å². The van der Waals surface area contributed by atoms with Crippen LogP contribution in [0.4, 0.5) is 0 Å². The van der Waals surface area contributed by atoms with Crippen molar-refractivity contribution in [3.63, 3.8) is 0 Å². The van der Waals surface area contributed by atoms with Gasteiger partial charge in [0.15, 0.2) is 17.4 Å². The van der Waals surface area contributed by atoms with Crippen LogP contribution in [0.2, 0.25) is 0 Å². The first-order chi connectivity index (χ1) is 5.41. The van der Waals surface area contributed by atoms with Crippen LogP contribution in [0, 0.1) is 0 Å². The number of aromatic nitrogens is 1. The van der Waals surface area contributed by atoms with E-state index < -0.39 is 0 Å². The van der Waals surface area contributed by atoms with Gasteiger partial charge in [0, 0.05) is 12.3 Å². The quantitative estimate of drug-likeness (QED) is 0.602. The SMILES string of the molecule is CC(=O)c1cnc(C(C)(C)C)o1. The highest BCUT2D eigenvalue weighted by Gasteiger charge is 2.20.